The fourth-order valence-corrected chi connectivity index (χ4v) is 2.42. The van der Waals surface area contributed by atoms with Crippen LogP contribution in [0.1, 0.15) is 33.9 Å². The molecule has 0 saturated heterocycles. The summed E-state index contributed by atoms with van der Waals surface area (Å²) in [4.78, 5) is 20.6. The van der Waals surface area contributed by atoms with E-state index in [1.165, 1.54) is 12.3 Å². The molecular formula is C15H16F2N6O. The molecule has 0 unspecified atom stereocenters. The Labute approximate surface area is 136 Å². The van der Waals surface area contributed by atoms with Crippen molar-refractivity contribution in [3.8, 4) is 0 Å². The Morgan fingerprint density at radius 2 is 2.21 bits per heavy atom. The molecule has 0 spiro atoms. The van der Waals surface area contributed by atoms with Gasteiger partial charge in [-0.15, -0.1) is 0 Å². The van der Waals surface area contributed by atoms with Crippen LogP contribution < -0.4 is 5.32 Å². The third kappa shape index (κ3) is 3.10. The Hall–Kier alpha value is -2.84. The maximum absolute atomic E-state index is 13.1. The number of hydrogen-bond donors (Lipinski definition) is 1. The summed E-state index contributed by atoms with van der Waals surface area (Å²) in [5, 5.41) is 6.60. The molecule has 0 aliphatic rings. The Morgan fingerprint density at radius 3 is 2.88 bits per heavy atom. The van der Waals surface area contributed by atoms with Crippen molar-refractivity contribution in [1.82, 2.24) is 29.5 Å². The highest BCUT2D eigenvalue weighted by atomic mass is 19.3. The number of carbonyl (C=O) groups is 1. The molecule has 0 fully saturated rings. The molecule has 7 nitrogen and oxygen atoms in total. The molecule has 0 aliphatic carbocycles. The fraction of sp³-hybridized carbons (Fsp3) is 0.333. The number of halogens is 2. The summed E-state index contributed by atoms with van der Waals surface area (Å²) in [5.41, 5.74) is 1.26. The third-order valence-corrected chi connectivity index (χ3v) is 3.52. The van der Waals surface area contributed by atoms with E-state index in [0.29, 0.717) is 18.7 Å². The molecule has 3 aromatic heterocycles. The van der Waals surface area contributed by atoms with Crippen LogP contribution in [0.15, 0.2) is 24.8 Å². The Morgan fingerprint density at radius 1 is 1.42 bits per heavy atom. The first-order valence-electron chi connectivity index (χ1n) is 7.34. The maximum atomic E-state index is 13.1. The van der Waals surface area contributed by atoms with Gasteiger partial charge in [0.05, 0.1) is 18.2 Å². The number of imidazole rings is 1. The Kier molecular flexibility index (Phi) is 4.24. The largest absolute Gasteiger partial charge is 0.351 e. The quantitative estimate of drug-likeness (QED) is 0.770. The summed E-state index contributed by atoms with van der Waals surface area (Å²) in [7, 11) is 1.86. The van der Waals surface area contributed by atoms with Crippen LogP contribution >= 0.6 is 0 Å². The van der Waals surface area contributed by atoms with Crippen LogP contribution in [-0.4, -0.2) is 36.6 Å². The fourth-order valence-electron chi connectivity index (χ4n) is 2.42. The van der Waals surface area contributed by atoms with Gasteiger partial charge in [0.15, 0.2) is 5.65 Å². The highest BCUT2D eigenvalue weighted by molar-refractivity contribution is 5.99. The van der Waals surface area contributed by atoms with Crippen molar-refractivity contribution in [3.05, 3.63) is 47.4 Å². The van der Waals surface area contributed by atoms with Gasteiger partial charge < -0.3 is 9.88 Å². The van der Waals surface area contributed by atoms with Crippen LogP contribution in [-0.2, 0) is 13.5 Å². The second kappa shape index (κ2) is 6.34. The number of amides is 1. The highest BCUT2D eigenvalue weighted by Gasteiger charge is 2.20. The minimum absolute atomic E-state index is 0.126. The lowest BCUT2D eigenvalue weighted by atomic mass is 10.2. The lowest BCUT2D eigenvalue weighted by Gasteiger charge is -2.06. The molecule has 0 atom stereocenters. The standard InChI is InChI=1S/C15H16F2N6O/c1-9-5-12(13(16)17)23-14(21-9)11(6-20-23)15(24)18-4-3-10-7-22(2)8-19-10/h5-8,13H,3-4H2,1-2H3,(H,18,24). The van der Waals surface area contributed by atoms with Gasteiger partial charge in [-0.05, 0) is 13.0 Å². The van der Waals surface area contributed by atoms with Crippen molar-refractivity contribution in [2.75, 3.05) is 6.54 Å². The first kappa shape index (κ1) is 16.0. The predicted octanol–water partition coefficient (Wildman–Crippen LogP) is 1.68. The van der Waals surface area contributed by atoms with E-state index >= 15 is 0 Å². The lowest BCUT2D eigenvalue weighted by molar-refractivity contribution is 0.0955. The van der Waals surface area contributed by atoms with E-state index in [2.05, 4.69) is 20.4 Å². The van der Waals surface area contributed by atoms with E-state index in [1.807, 2.05) is 17.8 Å². The number of hydrogen-bond acceptors (Lipinski definition) is 4. The average molecular weight is 334 g/mol. The van der Waals surface area contributed by atoms with Gasteiger partial charge in [-0.1, -0.05) is 0 Å². The molecule has 24 heavy (non-hydrogen) atoms. The normalized spacial score (nSPS) is 11.4. The van der Waals surface area contributed by atoms with Crippen molar-refractivity contribution in [3.63, 3.8) is 0 Å². The first-order valence-corrected chi connectivity index (χ1v) is 7.34. The molecule has 0 saturated carbocycles. The summed E-state index contributed by atoms with van der Waals surface area (Å²) in [6, 6.07) is 1.26. The number of nitrogens with zero attached hydrogens (tertiary/aromatic N) is 5. The summed E-state index contributed by atoms with van der Waals surface area (Å²) in [5.74, 6) is -0.403. The second-order valence-corrected chi connectivity index (χ2v) is 5.45. The highest BCUT2D eigenvalue weighted by Crippen LogP contribution is 2.21. The summed E-state index contributed by atoms with van der Waals surface area (Å²) < 4.78 is 29.0. The van der Waals surface area contributed by atoms with Crippen LogP contribution in [0.4, 0.5) is 8.78 Å². The topological polar surface area (TPSA) is 77.1 Å². The van der Waals surface area contributed by atoms with E-state index in [9.17, 15) is 13.6 Å². The van der Waals surface area contributed by atoms with Crippen molar-refractivity contribution in [1.29, 1.82) is 0 Å². The zero-order valence-corrected chi connectivity index (χ0v) is 13.2. The van der Waals surface area contributed by atoms with Crippen molar-refractivity contribution in [2.45, 2.75) is 19.8 Å². The van der Waals surface area contributed by atoms with Gasteiger partial charge in [0.1, 0.15) is 11.3 Å². The van der Waals surface area contributed by atoms with E-state index in [-0.39, 0.29) is 16.9 Å². The van der Waals surface area contributed by atoms with Gasteiger partial charge >= 0.3 is 0 Å². The molecule has 3 rings (SSSR count). The van der Waals surface area contributed by atoms with Crippen molar-refractivity contribution < 1.29 is 13.6 Å². The molecule has 0 bridgehead atoms. The number of nitrogens with one attached hydrogen (secondary N) is 1. The minimum Gasteiger partial charge on any atom is -0.351 e. The van der Waals surface area contributed by atoms with Crippen LogP contribution in [0.3, 0.4) is 0 Å². The van der Waals surface area contributed by atoms with E-state index in [1.54, 1.807) is 13.3 Å². The number of aryl methyl sites for hydroxylation is 2. The SMILES string of the molecule is Cc1cc(C(F)F)n2ncc(C(=O)NCCc3cn(C)cn3)c2n1. The molecule has 3 aromatic rings. The zero-order valence-electron chi connectivity index (χ0n) is 13.2. The van der Waals surface area contributed by atoms with Gasteiger partial charge in [0.25, 0.3) is 12.3 Å². The molecule has 9 heteroatoms. The average Bonchev–Trinajstić information content (AvgIpc) is 3.12. The summed E-state index contributed by atoms with van der Waals surface area (Å²) >= 11 is 0. The van der Waals surface area contributed by atoms with E-state index in [0.717, 1.165) is 10.2 Å². The van der Waals surface area contributed by atoms with Gasteiger partial charge in [-0.25, -0.2) is 23.3 Å². The smallest absolute Gasteiger partial charge is 0.280 e. The monoisotopic (exact) mass is 334 g/mol. The molecule has 0 aromatic carbocycles. The summed E-state index contributed by atoms with van der Waals surface area (Å²) in [6.07, 6.45) is 2.67. The number of alkyl halides is 2. The molecular weight excluding hydrogens is 318 g/mol. The number of aromatic nitrogens is 5. The Balaban J connectivity index is 1.77. The third-order valence-electron chi connectivity index (χ3n) is 3.52. The minimum atomic E-state index is -2.70. The van der Waals surface area contributed by atoms with Crippen LogP contribution in [0.25, 0.3) is 5.65 Å². The van der Waals surface area contributed by atoms with Crippen molar-refractivity contribution in [2.24, 2.45) is 7.05 Å². The molecule has 1 N–H and O–H groups in total. The molecule has 0 aliphatic heterocycles. The Bertz CT molecular complexity index is 885. The van der Waals surface area contributed by atoms with Crippen molar-refractivity contribution >= 4 is 11.6 Å². The number of carbonyl (C=O) groups excluding carboxylic acids is 1. The zero-order chi connectivity index (χ0) is 17.3. The lowest BCUT2D eigenvalue weighted by Crippen LogP contribution is -2.25. The van der Waals surface area contributed by atoms with E-state index in [4.69, 9.17) is 0 Å². The first-order chi connectivity index (χ1) is 11.5. The molecule has 3 heterocycles. The number of rotatable bonds is 5. The van der Waals surface area contributed by atoms with E-state index < -0.39 is 12.3 Å². The molecule has 1 amide bonds. The van der Waals surface area contributed by atoms with Crippen LogP contribution in [0, 0.1) is 6.92 Å². The predicted molar refractivity (Wildman–Crippen MR) is 81.9 cm³/mol. The van der Waals surface area contributed by atoms with Gasteiger partial charge in [0.2, 0.25) is 0 Å². The van der Waals surface area contributed by atoms with Crippen LogP contribution in [0.5, 0.6) is 0 Å². The molecule has 0 radical (unpaired) electrons. The second-order valence-electron chi connectivity index (χ2n) is 5.45. The summed E-state index contributed by atoms with van der Waals surface area (Å²) in [6.45, 7) is 1.97. The van der Waals surface area contributed by atoms with Gasteiger partial charge in [-0.2, -0.15) is 5.10 Å². The number of fused-ring (bicyclic) bond motifs is 1. The van der Waals surface area contributed by atoms with Gasteiger partial charge in [0, 0.05) is 31.9 Å². The van der Waals surface area contributed by atoms with Gasteiger partial charge in [-0.3, -0.25) is 4.79 Å². The maximum Gasteiger partial charge on any atom is 0.280 e. The molecule has 126 valence electrons. The van der Waals surface area contributed by atoms with Crippen LogP contribution in [0.2, 0.25) is 0 Å².